The number of rotatable bonds is 10. The predicted octanol–water partition coefficient (Wildman–Crippen LogP) is 2.63. The van der Waals surface area contributed by atoms with Crippen LogP contribution in [0.25, 0.3) is 0 Å². The van der Waals surface area contributed by atoms with Crippen LogP contribution in [0.5, 0.6) is 0 Å². The number of hydrogen-bond donors (Lipinski definition) is 1. The molecule has 0 spiro atoms. The van der Waals surface area contributed by atoms with Crippen molar-refractivity contribution in [1.29, 1.82) is 0 Å². The second-order valence-electron chi connectivity index (χ2n) is 4.57. The molecule has 0 amide bonds. The van der Waals surface area contributed by atoms with Crippen molar-refractivity contribution in [3.8, 4) is 0 Å². The molecule has 3 nitrogen and oxygen atoms in total. The minimum absolute atomic E-state index is 0.644. The van der Waals surface area contributed by atoms with Gasteiger partial charge in [0.25, 0.3) is 0 Å². The summed E-state index contributed by atoms with van der Waals surface area (Å²) in [6.07, 6.45) is 3.88. The van der Waals surface area contributed by atoms with Gasteiger partial charge in [-0.2, -0.15) is 0 Å². The second kappa shape index (κ2) is 8.97. The molecule has 0 aliphatic carbocycles. The lowest BCUT2D eigenvalue weighted by Gasteiger charge is -2.36. The molecular formula is C13H29NO2. The Hall–Kier alpha value is -0.120. The molecule has 0 aromatic carbocycles. The molecule has 3 heteroatoms. The van der Waals surface area contributed by atoms with Crippen LogP contribution in [0.3, 0.4) is 0 Å². The smallest absolute Gasteiger partial charge is 0.117 e. The number of aliphatic hydroxyl groups is 1. The first kappa shape index (κ1) is 15.9. The molecular weight excluding hydrogens is 202 g/mol. The van der Waals surface area contributed by atoms with Crippen molar-refractivity contribution >= 4 is 0 Å². The van der Waals surface area contributed by atoms with Gasteiger partial charge in [0.1, 0.15) is 5.72 Å². The van der Waals surface area contributed by atoms with E-state index >= 15 is 0 Å². The number of nitrogens with zero attached hydrogens (tertiary/aromatic N) is 1. The van der Waals surface area contributed by atoms with Crippen LogP contribution in [0.15, 0.2) is 0 Å². The topological polar surface area (TPSA) is 32.7 Å². The van der Waals surface area contributed by atoms with Gasteiger partial charge in [-0.15, -0.1) is 0 Å². The van der Waals surface area contributed by atoms with E-state index in [2.05, 4.69) is 25.7 Å². The molecule has 0 heterocycles. The Bertz CT molecular complexity index is 154. The zero-order valence-electron chi connectivity index (χ0n) is 11.5. The molecule has 0 aromatic rings. The van der Waals surface area contributed by atoms with Gasteiger partial charge in [0.2, 0.25) is 0 Å². The lowest BCUT2D eigenvalue weighted by molar-refractivity contribution is -0.111. The molecule has 1 N–H and O–H groups in total. The summed E-state index contributed by atoms with van der Waals surface area (Å²) in [5.74, 6) is 0. The summed E-state index contributed by atoms with van der Waals surface area (Å²) in [6, 6.07) is 0. The van der Waals surface area contributed by atoms with Crippen LogP contribution in [0.1, 0.15) is 53.4 Å². The van der Waals surface area contributed by atoms with E-state index in [4.69, 9.17) is 4.74 Å². The normalized spacial score (nSPS) is 15.4. The molecule has 0 saturated heterocycles. The summed E-state index contributed by atoms with van der Waals surface area (Å²) in [5.41, 5.74) is -0.722. The first-order valence-corrected chi connectivity index (χ1v) is 6.63. The highest BCUT2D eigenvalue weighted by Crippen LogP contribution is 2.17. The molecule has 0 bridgehead atoms. The van der Waals surface area contributed by atoms with Gasteiger partial charge in [-0.25, -0.2) is 0 Å². The lowest BCUT2D eigenvalue weighted by Crippen LogP contribution is -2.47. The summed E-state index contributed by atoms with van der Waals surface area (Å²) in [4.78, 5) is 2.16. The third-order valence-corrected chi connectivity index (χ3v) is 2.74. The van der Waals surface area contributed by atoms with Gasteiger partial charge in [0.15, 0.2) is 0 Å². The van der Waals surface area contributed by atoms with Gasteiger partial charge in [0, 0.05) is 26.1 Å². The highest BCUT2D eigenvalue weighted by atomic mass is 16.5. The van der Waals surface area contributed by atoms with Gasteiger partial charge in [0.05, 0.1) is 6.61 Å². The molecule has 1 atom stereocenters. The summed E-state index contributed by atoms with van der Waals surface area (Å²) in [5, 5.41) is 10.4. The SMILES string of the molecule is CCCOCCC(C)(O)N(CCC)CCC. The maximum atomic E-state index is 10.4. The summed E-state index contributed by atoms with van der Waals surface area (Å²) < 4.78 is 5.44. The molecule has 0 radical (unpaired) electrons. The van der Waals surface area contributed by atoms with Crippen LogP contribution in [-0.2, 0) is 4.74 Å². The van der Waals surface area contributed by atoms with Crippen molar-refractivity contribution in [2.24, 2.45) is 0 Å². The van der Waals surface area contributed by atoms with Crippen molar-refractivity contribution in [2.75, 3.05) is 26.3 Å². The zero-order chi connectivity index (χ0) is 12.4. The Kier molecular flexibility index (Phi) is 8.90. The molecule has 98 valence electrons. The zero-order valence-corrected chi connectivity index (χ0v) is 11.5. The molecule has 1 unspecified atom stereocenters. The average molecular weight is 231 g/mol. The molecule has 0 rings (SSSR count). The van der Waals surface area contributed by atoms with Gasteiger partial charge in [-0.3, -0.25) is 4.90 Å². The molecule has 16 heavy (non-hydrogen) atoms. The third-order valence-electron chi connectivity index (χ3n) is 2.74. The largest absolute Gasteiger partial charge is 0.381 e. The molecule has 0 aromatic heterocycles. The van der Waals surface area contributed by atoms with E-state index in [0.29, 0.717) is 13.0 Å². The average Bonchev–Trinajstić information content (AvgIpc) is 2.24. The van der Waals surface area contributed by atoms with E-state index < -0.39 is 5.72 Å². The minimum Gasteiger partial charge on any atom is -0.381 e. The maximum Gasteiger partial charge on any atom is 0.117 e. The Labute approximate surface area is 101 Å². The highest BCUT2D eigenvalue weighted by molar-refractivity contribution is 4.74. The van der Waals surface area contributed by atoms with Gasteiger partial charge < -0.3 is 9.84 Å². The maximum absolute atomic E-state index is 10.4. The fourth-order valence-electron chi connectivity index (χ4n) is 1.80. The second-order valence-corrected chi connectivity index (χ2v) is 4.57. The van der Waals surface area contributed by atoms with E-state index in [0.717, 1.165) is 39.0 Å². The third kappa shape index (κ3) is 6.46. The van der Waals surface area contributed by atoms with Crippen molar-refractivity contribution < 1.29 is 9.84 Å². The fraction of sp³-hybridized carbons (Fsp3) is 1.00. The Morgan fingerprint density at radius 1 is 1.00 bits per heavy atom. The summed E-state index contributed by atoms with van der Waals surface area (Å²) in [6.45, 7) is 11.6. The summed E-state index contributed by atoms with van der Waals surface area (Å²) >= 11 is 0. The standard InChI is InChI=1S/C13H29NO2/c1-5-9-14(10-6-2)13(4,15)8-12-16-11-7-3/h15H,5-12H2,1-4H3. The van der Waals surface area contributed by atoms with Crippen molar-refractivity contribution in [3.63, 3.8) is 0 Å². The van der Waals surface area contributed by atoms with Gasteiger partial charge in [-0.1, -0.05) is 20.8 Å². The Morgan fingerprint density at radius 3 is 2.00 bits per heavy atom. The first-order chi connectivity index (χ1) is 7.58. The first-order valence-electron chi connectivity index (χ1n) is 6.63. The Morgan fingerprint density at radius 2 is 1.56 bits per heavy atom. The van der Waals surface area contributed by atoms with E-state index in [1.54, 1.807) is 0 Å². The quantitative estimate of drug-likeness (QED) is 0.463. The monoisotopic (exact) mass is 231 g/mol. The van der Waals surface area contributed by atoms with Crippen LogP contribution in [0, 0.1) is 0 Å². The Balaban J connectivity index is 4.01. The van der Waals surface area contributed by atoms with Crippen LogP contribution in [-0.4, -0.2) is 42.0 Å². The van der Waals surface area contributed by atoms with E-state index in [1.807, 2.05) is 6.92 Å². The van der Waals surface area contributed by atoms with Crippen LogP contribution < -0.4 is 0 Å². The van der Waals surface area contributed by atoms with E-state index in [-0.39, 0.29) is 0 Å². The number of hydrogen-bond acceptors (Lipinski definition) is 3. The molecule has 0 aliphatic rings. The number of ether oxygens (including phenoxy) is 1. The van der Waals surface area contributed by atoms with Crippen molar-refractivity contribution in [2.45, 2.75) is 59.1 Å². The molecule has 0 aliphatic heterocycles. The minimum atomic E-state index is -0.722. The van der Waals surface area contributed by atoms with Gasteiger partial charge >= 0.3 is 0 Å². The summed E-state index contributed by atoms with van der Waals surface area (Å²) in [7, 11) is 0. The predicted molar refractivity (Wildman–Crippen MR) is 68.5 cm³/mol. The van der Waals surface area contributed by atoms with Crippen molar-refractivity contribution in [1.82, 2.24) is 4.90 Å². The molecule has 0 saturated carbocycles. The van der Waals surface area contributed by atoms with Crippen LogP contribution in [0.2, 0.25) is 0 Å². The van der Waals surface area contributed by atoms with E-state index in [9.17, 15) is 5.11 Å². The fourth-order valence-corrected chi connectivity index (χ4v) is 1.80. The van der Waals surface area contributed by atoms with Gasteiger partial charge in [-0.05, 0) is 26.2 Å². The lowest BCUT2D eigenvalue weighted by atomic mass is 10.1. The van der Waals surface area contributed by atoms with Crippen LogP contribution >= 0.6 is 0 Å². The van der Waals surface area contributed by atoms with E-state index in [1.165, 1.54) is 0 Å². The highest BCUT2D eigenvalue weighted by Gasteiger charge is 2.27. The molecule has 0 fully saturated rings. The van der Waals surface area contributed by atoms with Crippen molar-refractivity contribution in [3.05, 3.63) is 0 Å². The van der Waals surface area contributed by atoms with Crippen LogP contribution in [0.4, 0.5) is 0 Å².